The van der Waals surface area contributed by atoms with Crippen molar-refractivity contribution >= 4 is 15.9 Å². The molecule has 1 aliphatic rings. The largest absolute Gasteiger partial charge is 0.491 e. The molecule has 1 N–H and O–H groups in total. The molecule has 1 aliphatic heterocycles. The Morgan fingerprint density at radius 1 is 1.10 bits per heavy atom. The number of benzene rings is 2. The van der Waals surface area contributed by atoms with E-state index in [1.165, 1.54) is 16.4 Å². The van der Waals surface area contributed by atoms with Crippen LogP contribution in [0.25, 0.3) is 0 Å². The van der Waals surface area contributed by atoms with E-state index in [4.69, 9.17) is 4.74 Å². The smallest absolute Gasteiger partial charge is 0.251 e. The van der Waals surface area contributed by atoms with Crippen molar-refractivity contribution in [3.63, 3.8) is 0 Å². The van der Waals surface area contributed by atoms with E-state index in [1.54, 1.807) is 12.1 Å². The molecule has 1 heterocycles. The first kappa shape index (κ1) is 22.3. The maximum absolute atomic E-state index is 12.9. The molecule has 7 nitrogen and oxygen atoms in total. The third kappa shape index (κ3) is 5.59. The second-order valence-corrected chi connectivity index (χ2v) is 9.67. The summed E-state index contributed by atoms with van der Waals surface area (Å²) in [5.41, 5.74) is 1.46. The summed E-state index contributed by atoms with van der Waals surface area (Å²) in [7, 11) is -1.65. The number of aryl methyl sites for hydroxylation is 1. The Morgan fingerprint density at radius 2 is 1.77 bits per heavy atom. The van der Waals surface area contributed by atoms with Crippen LogP contribution in [-0.4, -0.2) is 69.4 Å². The molecule has 0 aliphatic carbocycles. The fraction of sp³-hybridized carbons (Fsp3) is 0.409. The first-order valence-corrected chi connectivity index (χ1v) is 11.5. The quantitative estimate of drug-likeness (QED) is 0.727. The lowest BCUT2D eigenvalue weighted by atomic mass is 10.2. The van der Waals surface area contributed by atoms with Crippen LogP contribution < -0.4 is 10.1 Å². The average Bonchev–Trinajstić information content (AvgIpc) is 2.74. The molecule has 2 aromatic rings. The number of amides is 1. The molecule has 1 amide bonds. The van der Waals surface area contributed by atoms with Crippen LogP contribution in [0, 0.1) is 6.92 Å². The standard InChI is InChI=1S/C22H29N3O4S/c1-17-7-9-20(10-8-17)29-16-18(2)23-22(26)19-5-4-6-21(15-19)30(27,28)25-13-11-24(3)12-14-25/h4-10,15,18H,11-14,16H2,1-3H3,(H,23,26). The van der Waals surface area contributed by atoms with Crippen molar-refractivity contribution in [1.29, 1.82) is 0 Å². The minimum atomic E-state index is -3.62. The predicted molar refractivity (Wildman–Crippen MR) is 116 cm³/mol. The molecular formula is C22H29N3O4S. The lowest BCUT2D eigenvalue weighted by molar-refractivity contribution is 0.0926. The Morgan fingerprint density at radius 3 is 2.43 bits per heavy atom. The molecule has 1 atom stereocenters. The number of likely N-dealkylation sites (N-methyl/N-ethyl adjacent to an activating group) is 1. The number of nitrogens with zero attached hydrogens (tertiary/aromatic N) is 2. The van der Waals surface area contributed by atoms with Crippen molar-refractivity contribution in [2.75, 3.05) is 39.8 Å². The highest BCUT2D eigenvalue weighted by Crippen LogP contribution is 2.19. The predicted octanol–water partition coefficient (Wildman–Crippen LogP) is 2.13. The van der Waals surface area contributed by atoms with Crippen LogP contribution in [0.2, 0.25) is 0 Å². The van der Waals surface area contributed by atoms with E-state index in [0.717, 1.165) is 11.3 Å². The molecule has 1 unspecified atom stereocenters. The Kier molecular flexibility index (Phi) is 7.12. The van der Waals surface area contributed by atoms with Gasteiger partial charge in [-0.2, -0.15) is 4.31 Å². The zero-order chi connectivity index (χ0) is 21.7. The highest BCUT2D eigenvalue weighted by molar-refractivity contribution is 7.89. The van der Waals surface area contributed by atoms with E-state index in [2.05, 4.69) is 10.2 Å². The van der Waals surface area contributed by atoms with E-state index in [9.17, 15) is 13.2 Å². The number of carbonyl (C=O) groups is 1. The topological polar surface area (TPSA) is 78.9 Å². The lowest BCUT2D eigenvalue weighted by Crippen LogP contribution is -2.47. The van der Waals surface area contributed by atoms with Crippen molar-refractivity contribution in [3.05, 3.63) is 59.7 Å². The first-order chi connectivity index (χ1) is 14.3. The van der Waals surface area contributed by atoms with Crippen molar-refractivity contribution < 1.29 is 17.9 Å². The van der Waals surface area contributed by atoms with Gasteiger partial charge in [0.25, 0.3) is 5.91 Å². The van der Waals surface area contributed by atoms with Crippen LogP contribution in [0.3, 0.4) is 0 Å². The number of nitrogens with one attached hydrogen (secondary N) is 1. The maximum atomic E-state index is 12.9. The van der Waals surface area contributed by atoms with Crippen LogP contribution >= 0.6 is 0 Å². The Labute approximate surface area is 178 Å². The van der Waals surface area contributed by atoms with Crippen LogP contribution in [0.4, 0.5) is 0 Å². The van der Waals surface area contributed by atoms with Gasteiger partial charge in [-0.05, 0) is 51.2 Å². The van der Waals surface area contributed by atoms with E-state index >= 15 is 0 Å². The lowest BCUT2D eigenvalue weighted by Gasteiger charge is -2.31. The number of carbonyl (C=O) groups excluding carboxylic acids is 1. The average molecular weight is 432 g/mol. The molecule has 3 rings (SSSR count). The number of piperazine rings is 1. The van der Waals surface area contributed by atoms with Crippen LogP contribution in [0.15, 0.2) is 53.4 Å². The summed E-state index contributed by atoms with van der Waals surface area (Å²) in [4.78, 5) is 14.9. The fourth-order valence-electron chi connectivity index (χ4n) is 3.18. The van der Waals surface area contributed by atoms with Crippen molar-refractivity contribution in [1.82, 2.24) is 14.5 Å². The van der Waals surface area contributed by atoms with Gasteiger partial charge < -0.3 is 15.0 Å². The van der Waals surface area contributed by atoms with Crippen LogP contribution in [0.1, 0.15) is 22.8 Å². The number of hydrogen-bond donors (Lipinski definition) is 1. The molecule has 0 spiro atoms. The molecule has 162 valence electrons. The molecule has 0 saturated carbocycles. The molecule has 30 heavy (non-hydrogen) atoms. The summed E-state index contributed by atoms with van der Waals surface area (Å²) in [5.74, 6) is 0.410. The number of ether oxygens (including phenoxy) is 1. The zero-order valence-corrected chi connectivity index (χ0v) is 18.5. The van der Waals surface area contributed by atoms with Crippen molar-refractivity contribution in [2.45, 2.75) is 24.8 Å². The van der Waals surface area contributed by atoms with Crippen molar-refractivity contribution in [3.8, 4) is 5.75 Å². The van der Waals surface area contributed by atoms with Gasteiger partial charge in [0.2, 0.25) is 10.0 Å². The molecule has 1 fully saturated rings. The van der Waals surface area contributed by atoms with E-state index in [0.29, 0.717) is 38.3 Å². The van der Waals surface area contributed by atoms with Crippen LogP contribution in [-0.2, 0) is 10.0 Å². The third-order valence-electron chi connectivity index (χ3n) is 5.09. The second-order valence-electron chi connectivity index (χ2n) is 7.73. The van der Waals surface area contributed by atoms with Gasteiger partial charge in [-0.3, -0.25) is 4.79 Å². The summed E-state index contributed by atoms with van der Waals surface area (Å²) >= 11 is 0. The Bertz CT molecular complexity index is 968. The van der Waals surface area contributed by atoms with E-state index in [1.807, 2.05) is 45.2 Å². The fourth-order valence-corrected chi connectivity index (χ4v) is 4.65. The van der Waals surface area contributed by atoms with Gasteiger partial charge in [0.1, 0.15) is 12.4 Å². The molecule has 0 bridgehead atoms. The molecule has 1 saturated heterocycles. The zero-order valence-electron chi connectivity index (χ0n) is 17.7. The van der Waals surface area contributed by atoms with Gasteiger partial charge >= 0.3 is 0 Å². The van der Waals surface area contributed by atoms with Crippen LogP contribution in [0.5, 0.6) is 5.75 Å². The number of rotatable bonds is 7. The van der Waals surface area contributed by atoms with Gasteiger partial charge in [0.15, 0.2) is 0 Å². The summed E-state index contributed by atoms with van der Waals surface area (Å²) in [6, 6.07) is 13.7. The van der Waals surface area contributed by atoms with Crippen molar-refractivity contribution in [2.24, 2.45) is 0 Å². The Hall–Kier alpha value is -2.42. The monoisotopic (exact) mass is 431 g/mol. The van der Waals surface area contributed by atoms with Gasteiger partial charge in [-0.1, -0.05) is 23.8 Å². The van der Waals surface area contributed by atoms with E-state index < -0.39 is 10.0 Å². The maximum Gasteiger partial charge on any atom is 0.251 e. The summed E-state index contributed by atoms with van der Waals surface area (Å²) in [6.07, 6.45) is 0. The minimum Gasteiger partial charge on any atom is -0.491 e. The second kappa shape index (κ2) is 9.59. The minimum absolute atomic E-state index is 0.142. The first-order valence-electron chi connectivity index (χ1n) is 10.0. The summed E-state index contributed by atoms with van der Waals surface area (Å²) in [6.45, 7) is 6.44. The SMILES string of the molecule is Cc1ccc(OCC(C)NC(=O)c2cccc(S(=O)(=O)N3CCN(C)CC3)c2)cc1. The third-order valence-corrected chi connectivity index (χ3v) is 6.99. The highest BCUT2D eigenvalue weighted by atomic mass is 32.2. The molecule has 0 radical (unpaired) electrons. The highest BCUT2D eigenvalue weighted by Gasteiger charge is 2.28. The summed E-state index contributed by atoms with van der Waals surface area (Å²) < 4.78 is 33.0. The van der Waals surface area contributed by atoms with Gasteiger partial charge in [-0.25, -0.2) is 8.42 Å². The normalized spacial score (nSPS) is 16.8. The number of sulfonamides is 1. The van der Waals surface area contributed by atoms with Gasteiger partial charge in [0.05, 0.1) is 10.9 Å². The molecule has 8 heteroatoms. The molecular weight excluding hydrogens is 402 g/mol. The molecule has 2 aromatic carbocycles. The van der Waals surface area contributed by atoms with E-state index in [-0.39, 0.29) is 16.8 Å². The number of hydrogen-bond acceptors (Lipinski definition) is 5. The Balaban J connectivity index is 1.61. The molecule has 0 aromatic heterocycles. The summed E-state index contributed by atoms with van der Waals surface area (Å²) in [5, 5.41) is 2.86. The van der Waals surface area contributed by atoms with Gasteiger partial charge in [0, 0.05) is 31.7 Å². The van der Waals surface area contributed by atoms with Gasteiger partial charge in [-0.15, -0.1) is 0 Å².